The molecule has 1 unspecified atom stereocenters. The highest BCUT2D eigenvalue weighted by Gasteiger charge is 2.11. The Hall–Kier alpha value is -2.22. The van der Waals surface area contributed by atoms with E-state index >= 15 is 0 Å². The largest absolute Gasteiger partial charge is 0.383 e. The van der Waals surface area contributed by atoms with Crippen molar-refractivity contribution in [3.63, 3.8) is 0 Å². The number of hydrogen-bond donors (Lipinski definition) is 2. The van der Waals surface area contributed by atoms with Gasteiger partial charge in [0, 0.05) is 19.5 Å². The van der Waals surface area contributed by atoms with Gasteiger partial charge in [-0.25, -0.2) is 4.68 Å². The first-order chi connectivity index (χ1) is 9.22. The topological polar surface area (TPSA) is 104 Å². The van der Waals surface area contributed by atoms with Crippen LogP contribution in [0.3, 0.4) is 0 Å². The van der Waals surface area contributed by atoms with E-state index < -0.39 is 0 Å². The van der Waals surface area contributed by atoms with E-state index in [1.165, 1.54) is 4.68 Å². The molecule has 0 saturated heterocycles. The van der Waals surface area contributed by atoms with Gasteiger partial charge in [-0.05, 0) is 12.5 Å². The van der Waals surface area contributed by atoms with Crippen molar-refractivity contribution in [3.05, 3.63) is 18.5 Å². The normalized spacial score (nSPS) is 12.3. The summed E-state index contributed by atoms with van der Waals surface area (Å²) in [5, 5.41) is 7.22. The minimum atomic E-state index is 0.122. The first-order valence-corrected chi connectivity index (χ1v) is 6.00. The minimum absolute atomic E-state index is 0.122. The molecule has 0 aliphatic rings. The Morgan fingerprint density at radius 1 is 1.42 bits per heavy atom. The minimum Gasteiger partial charge on any atom is -0.383 e. The van der Waals surface area contributed by atoms with Crippen LogP contribution in [0.1, 0.15) is 13.3 Å². The second-order valence-electron chi connectivity index (χ2n) is 3.97. The Balaban J connectivity index is 2.21. The molecule has 0 fully saturated rings. The van der Waals surface area contributed by atoms with E-state index in [9.17, 15) is 0 Å². The highest BCUT2D eigenvalue weighted by Crippen LogP contribution is 2.08. The monoisotopic (exact) mass is 263 g/mol. The second kappa shape index (κ2) is 6.10. The molecule has 2 aromatic rings. The van der Waals surface area contributed by atoms with Crippen LogP contribution >= 0.6 is 0 Å². The number of nitrogen functional groups attached to an aromatic ring is 1. The van der Waals surface area contributed by atoms with Crippen molar-refractivity contribution in [1.29, 1.82) is 0 Å². The number of rotatable bonds is 6. The molecule has 0 radical (unpaired) electrons. The zero-order valence-electron chi connectivity index (χ0n) is 10.9. The highest BCUT2D eigenvalue weighted by atomic mass is 16.5. The van der Waals surface area contributed by atoms with Gasteiger partial charge in [0.05, 0.1) is 12.6 Å². The van der Waals surface area contributed by atoms with Crippen LogP contribution < -0.4 is 11.1 Å². The fourth-order valence-electron chi connectivity index (χ4n) is 1.58. The molecule has 8 nitrogen and oxygen atoms in total. The summed E-state index contributed by atoms with van der Waals surface area (Å²) in [7, 11) is 1.65. The fraction of sp³-hybridized carbons (Fsp3) is 0.455. The van der Waals surface area contributed by atoms with Crippen molar-refractivity contribution < 1.29 is 4.74 Å². The smallest absolute Gasteiger partial charge is 0.257 e. The molecule has 0 saturated carbocycles. The third kappa shape index (κ3) is 3.38. The zero-order valence-corrected chi connectivity index (χ0v) is 10.9. The molecular formula is C11H17N7O. The van der Waals surface area contributed by atoms with Crippen LogP contribution in [0.4, 0.5) is 11.9 Å². The molecule has 102 valence electrons. The molecule has 0 bridgehead atoms. The Morgan fingerprint density at radius 3 is 2.89 bits per heavy atom. The van der Waals surface area contributed by atoms with Gasteiger partial charge in [0.2, 0.25) is 11.9 Å². The van der Waals surface area contributed by atoms with E-state index in [0.717, 1.165) is 6.42 Å². The summed E-state index contributed by atoms with van der Waals surface area (Å²) < 4.78 is 6.65. The van der Waals surface area contributed by atoms with Crippen LogP contribution in [0, 0.1) is 0 Å². The Kier molecular flexibility index (Phi) is 4.24. The van der Waals surface area contributed by atoms with Gasteiger partial charge in [-0.2, -0.15) is 20.1 Å². The number of methoxy groups -OCH3 is 1. The first kappa shape index (κ1) is 13.2. The van der Waals surface area contributed by atoms with E-state index in [1.54, 1.807) is 25.6 Å². The summed E-state index contributed by atoms with van der Waals surface area (Å²) in [6, 6.07) is 1.91. The van der Waals surface area contributed by atoms with E-state index in [1.807, 2.05) is 0 Å². The lowest BCUT2D eigenvalue weighted by Gasteiger charge is -2.16. The lowest BCUT2D eigenvalue weighted by Crippen LogP contribution is -2.26. The van der Waals surface area contributed by atoms with Crippen molar-refractivity contribution in [2.45, 2.75) is 19.4 Å². The Labute approximate surface area is 111 Å². The summed E-state index contributed by atoms with van der Waals surface area (Å²) in [6.45, 7) is 2.62. The predicted octanol–water partition coefficient (Wildman–Crippen LogP) is 0.476. The fourth-order valence-corrected chi connectivity index (χ4v) is 1.58. The molecule has 2 aromatic heterocycles. The number of nitrogens with zero attached hydrogens (tertiary/aromatic N) is 5. The molecule has 2 rings (SSSR count). The van der Waals surface area contributed by atoms with Gasteiger partial charge in [0.1, 0.15) is 0 Å². The number of nitrogens with one attached hydrogen (secondary N) is 1. The number of anilines is 2. The van der Waals surface area contributed by atoms with Crippen molar-refractivity contribution in [2.75, 3.05) is 24.8 Å². The Morgan fingerprint density at radius 2 is 2.26 bits per heavy atom. The van der Waals surface area contributed by atoms with Crippen molar-refractivity contribution in [2.24, 2.45) is 0 Å². The second-order valence-corrected chi connectivity index (χ2v) is 3.97. The zero-order chi connectivity index (χ0) is 13.7. The number of nitrogens with two attached hydrogens (primary N) is 1. The molecular weight excluding hydrogens is 246 g/mol. The molecule has 19 heavy (non-hydrogen) atoms. The number of aromatic nitrogens is 5. The van der Waals surface area contributed by atoms with Crippen LogP contribution in [-0.2, 0) is 4.74 Å². The van der Waals surface area contributed by atoms with Crippen molar-refractivity contribution in [1.82, 2.24) is 24.7 Å². The molecule has 2 heterocycles. The van der Waals surface area contributed by atoms with Gasteiger partial charge in [-0.1, -0.05) is 6.92 Å². The van der Waals surface area contributed by atoms with E-state index in [-0.39, 0.29) is 12.0 Å². The maximum atomic E-state index is 5.68. The van der Waals surface area contributed by atoms with Gasteiger partial charge in [0.15, 0.2) is 0 Å². The molecule has 0 amide bonds. The Bertz CT molecular complexity index is 514. The number of hydrogen-bond acceptors (Lipinski definition) is 7. The molecule has 3 N–H and O–H groups in total. The van der Waals surface area contributed by atoms with Crippen molar-refractivity contribution in [3.8, 4) is 5.95 Å². The van der Waals surface area contributed by atoms with E-state index in [0.29, 0.717) is 18.5 Å². The van der Waals surface area contributed by atoms with Crippen LogP contribution in [0.2, 0.25) is 0 Å². The predicted molar refractivity (Wildman–Crippen MR) is 70.9 cm³/mol. The van der Waals surface area contributed by atoms with Crippen molar-refractivity contribution >= 4 is 11.9 Å². The quantitative estimate of drug-likeness (QED) is 0.780. The maximum Gasteiger partial charge on any atom is 0.257 e. The number of ether oxygens (including phenoxy) is 1. The summed E-state index contributed by atoms with van der Waals surface area (Å²) >= 11 is 0. The molecule has 0 aliphatic carbocycles. The molecule has 1 atom stereocenters. The SMILES string of the molecule is CCC(COC)Nc1nc(N)nc(-n2cccn2)n1. The lowest BCUT2D eigenvalue weighted by atomic mass is 10.2. The van der Waals surface area contributed by atoms with Crippen LogP contribution in [0.5, 0.6) is 0 Å². The average Bonchev–Trinajstić information content (AvgIpc) is 2.91. The average molecular weight is 263 g/mol. The molecule has 8 heteroatoms. The summed E-state index contributed by atoms with van der Waals surface area (Å²) in [6.07, 6.45) is 4.27. The molecule has 0 aliphatic heterocycles. The molecule has 0 aromatic carbocycles. The third-order valence-corrected chi connectivity index (χ3v) is 2.54. The van der Waals surface area contributed by atoms with Crippen LogP contribution in [0.15, 0.2) is 18.5 Å². The maximum absolute atomic E-state index is 5.68. The van der Waals surface area contributed by atoms with E-state index in [4.69, 9.17) is 10.5 Å². The van der Waals surface area contributed by atoms with Gasteiger partial charge in [-0.15, -0.1) is 0 Å². The lowest BCUT2D eigenvalue weighted by molar-refractivity contribution is 0.184. The standard InChI is InChI=1S/C11H17N7O/c1-3-8(7-19-2)14-10-15-9(12)16-11(17-10)18-6-4-5-13-18/h4-6,8H,3,7H2,1-2H3,(H3,12,14,15,16,17). The summed E-state index contributed by atoms with van der Waals surface area (Å²) in [5.74, 6) is 0.949. The van der Waals surface area contributed by atoms with Gasteiger partial charge < -0.3 is 15.8 Å². The highest BCUT2D eigenvalue weighted by molar-refractivity contribution is 5.35. The van der Waals surface area contributed by atoms with Crippen LogP contribution in [0.25, 0.3) is 5.95 Å². The first-order valence-electron chi connectivity index (χ1n) is 6.00. The summed E-state index contributed by atoms with van der Waals surface area (Å²) in [4.78, 5) is 12.4. The van der Waals surface area contributed by atoms with Gasteiger partial charge in [-0.3, -0.25) is 0 Å². The molecule has 0 spiro atoms. The third-order valence-electron chi connectivity index (χ3n) is 2.54. The summed E-state index contributed by atoms with van der Waals surface area (Å²) in [5.41, 5.74) is 5.68. The van der Waals surface area contributed by atoms with E-state index in [2.05, 4.69) is 32.3 Å². The van der Waals surface area contributed by atoms with Crippen LogP contribution in [-0.4, -0.2) is 44.5 Å². The van der Waals surface area contributed by atoms with Gasteiger partial charge in [0.25, 0.3) is 5.95 Å². The van der Waals surface area contributed by atoms with Gasteiger partial charge >= 0.3 is 0 Å².